The Morgan fingerprint density at radius 2 is 1.37 bits per heavy atom. The quantitative estimate of drug-likeness (QED) is 0.359. The van der Waals surface area contributed by atoms with E-state index in [1.165, 1.54) is 12.1 Å². The summed E-state index contributed by atoms with van der Waals surface area (Å²) in [6.45, 7) is 5.12. The van der Waals surface area contributed by atoms with E-state index >= 15 is 0 Å². The van der Waals surface area contributed by atoms with Gasteiger partial charge in [-0.25, -0.2) is 4.99 Å². The molecule has 0 heterocycles. The van der Waals surface area contributed by atoms with Crippen molar-refractivity contribution in [2.75, 3.05) is 0 Å². The van der Waals surface area contributed by atoms with Gasteiger partial charge in [-0.15, -0.1) is 4.40 Å². The number of benzene rings is 2. The molecule has 154 valence electrons. The molecule has 0 radical (unpaired) electrons. The fourth-order valence-electron chi connectivity index (χ4n) is 2.80. The van der Waals surface area contributed by atoms with Crippen molar-refractivity contribution in [2.45, 2.75) is 25.7 Å². The topological polar surface area (TPSA) is 75.9 Å². The maximum absolute atomic E-state index is 12.9. The van der Waals surface area contributed by atoms with Crippen LogP contribution in [0.2, 0.25) is 0 Å². The number of aryl methyl sites for hydroxylation is 1. The summed E-state index contributed by atoms with van der Waals surface area (Å²) in [7, 11) is -4.03. The molecule has 0 unspecified atom stereocenters. The van der Waals surface area contributed by atoms with Gasteiger partial charge in [-0.1, -0.05) is 71.2 Å². The summed E-state index contributed by atoms with van der Waals surface area (Å²) < 4.78 is 29.8. The molecule has 2 aromatic carbocycles. The molecular weight excluding hydrogens is 443 g/mol. The SMILES string of the molecule is CC1=C(Cl)C(=O)C(Cl)=C(C)C1=N/C(=N/S(=O)(=O)c1ccc(C)cc1)c1ccccc1. The van der Waals surface area contributed by atoms with Crippen LogP contribution in [0.1, 0.15) is 25.0 Å². The molecule has 0 aliphatic heterocycles. The third kappa shape index (κ3) is 4.46. The van der Waals surface area contributed by atoms with Gasteiger partial charge in [-0.3, -0.25) is 4.79 Å². The van der Waals surface area contributed by atoms with Crippen molar-refractivity contribution in [3.63, 3.8) is 0 Å². The van der Waals surface area contributed by atoms with Crippen molar-refractivity contribution in [2.24, 2.45) is 9.39 Å². The van der Waals surface area contributed by atoms with E-state index in [1.807, 2.05) is 6.92 Å². The monoisotopic (exact) mass is 460 g/mol. The molecule has 0 N–H and O–H groups in total. The van der Waals surface area contributed by atoms with E-state index in [1.54, 1.807) is 56.3 Å². The number of carbonyl (C=O) groups is 1. The van der Waals surface area contributed by atoms with Crippen molar-refractivity contribution < 1.29 is 13.2 Å². The van der Waals surface area contributed by atoms with Crippen LogP contribution in [0.3, 0.4) is 0 Å². The Kier molecular flexibility index (Phi) is 6.41. The third-order valence-electron chi connectivity index (χ3n) is 4.54. The van der Waals surface area contributed by atoms with Crippen molar-refractivity contribution in [1.82, 2.24) is 0 Å². The molecule has 0 aromatic heterocycles. The minimum absolute atomic E-state index is 0.0341. The number of hydrogen-bond acceptors (Lipinski definition) is 3. The molecule has 1 aliphatic carbocycles. The number of halogens is 2. The van der Waals surface area contributed by atoms with Gasteiger partial charge in [-0.05, 0) is 44.1 Å². The molecule has 0 fully saturated rings. The summed E-state index contributed by atoms with van der Waals surface area (Å²) in [6, 6.07) is 15.1. The van der Waals surface area contributed by atoms with Crippen molar-refractivity contribution in [3.05, 3.63) is 86.9 Å². The van der Waals surface area contributed by atoms with E-state index < -0.39 is 15.8 Å². The third-order valence-corrected chi connectivity index (χ3v) is 6.73. The van der Waals surface area contributed by atoms with Gasteiger partial charge in [0.2, 0.25) is 5.78 Å². The number of allylic oxidation sites excluding steroid dienone is 4. The van der Waals surface area contributed by atoms with Crippen LogP contribution in [0.25, 0.3) is 0 Å². The lowest BCUT2D eigenvalue weighted by Gasteiger charge is -2.17. The Bertz CT molecular complexity index is 1210. The summed E-state index contributed by atoms with van der Waals surface area (Å²) in [5.74, 6) is -0.522. The zero-order valence-corrected chi connectivity index (χ0v) is 18.8. The lowest BCUT2D eigenvalue weighted by molar-refractivity contribution is -0.111. The van der Waals surface area contributed by atoms with Crippen molar-refractivity contribution in [1.29, 1.82) is 0 Å². The highest BCUT2D eigenvalue weighted by atomic mass is 35.5. The molecule has 0 bridgehead atoms. The van der Waals surface area contributed by atoms with Crippen LogP contribution in [0.4, 0.5) is 0 Å². The number of carbonyl (C=O) groups excluding carboxylic acids is 1. The van der Waals surface area contributed by atoms with Crippen LogP contribution in [0.5, 0.6) is 0 Å². The fraction of sp³-hybridized carbons (Fsp3) is 0.136. The molecule has 0 saturated heterocycles. The van der Waals surface area contributed by atoms with E-state index in [0.29, 0.717) is 22.4 Å². The highest BCUT2D eigenvalue weighted by Gasteiger charge is 2.28. The Balaban J connectivity index is 2.23. The summed E-state index contributed by atoms with van der Waals surface area (Å²) in [5, 5.41) is -0.115. The van der Waals surface area contributed by atoms with Gasteiger partial charge in [-0.2, -0.15) is 8.42 Å². The zero-order chi connectivity index (χ0) is 22.1. The Hall–Kier alpha value is -2.54. The Labute approximate surface area is 185 Å². The molecule has 5 nitrogen and oxygen atoms in total. The highest BCUT2D eigenvalue weighted by Crippen LogP contribution is 2.30. The number of rotatable bonds is 3. The van der Waals surface area contributed by atoms with Crippen LogP contribution < -0.4 is 0 Å². The van der Waals surface area contributed by atoms with Gasteiger partial charge >= 0.3 is 0 Å². The first-order valence-electron chi connectivity index (χ1n) is 8.95. The summed E-state index contributed by atoms with van der Waals surface area (Å²) >= 11 is 12.2. The predicted molar refractivity (Wildman–Crippen MR) is 121 cm³/mol. The van der Waals surface area contributed by atoms with E-state index in [-0.39, 0.29) is 20.8 Å². The first kappa shape index (κ1) is 22.2. The normalized spacial score (nSPS) is 15.7. The number of sulfonamides is 1. The second-order valence-corrected chi connectivity index (χ2v) is 9.10. The van der Waals surface area contributed by atoms with Crippen LogP contribution in [0.15, 0.2) is 90.1 Å². The Morgan fingerprint density at radius 1 is 0.833 bits per heavy atom. The van der Waals surface area contributed by atoms with Gasteiger partial charge in [0.15, 0.2) is 5.84 Å². The van der Waals surface area contributed by atoms with E-state index in [9.17, 15) is 13.2 Å². The lowest BCUT2D eigenvalue weighted by atomic mass is 9.96. The number of Topliss-reactive ketones (excluding diaryl/α,β-unsaturated/α-hetero) is 1. The van der Waals surface area contributed by atoms with Crippen LogP contribution in [-0.4, -0.2) is 25.7 Å². The van der Waals surface area contributed by atoms with Gasteiger partial charge in [0, 0.05) is 5.56 Å². The average molecular weight is 461 g/mol. The first-order valence-corrected chi connectivity index (χ1v) is 11.2. The van der Waals surface area contributed by atoms with Crippen molar-refractivity contribution in [3.8, 4) is 0 Å². The summed E-state index contributed by atoms with van der Waals surface area (Å²) in [6.07, 6.45) is 0. The maximum atomic E-state index is 12.9. The molecule has 0 amide bonds. The highest BCUT2D eigenvalue weighted by molar-refractivity contribution is 7.90. The standard InChI is InChI=1S/C22H18Cl2N2O3S/c1-13-9-11-17(12-10-13)30(28,29)26-22(16-7-5-4-6-8-16)25-20-14(2)18(23)21(27)19(24)15(20)3/h4-12H,1-3H3/b26-22+. The molecule has 30 heavy (non-hydrogen) atoms. The molecule has 3 rings (SSSR count). The lowest BCUT2D eigenvalue weighted by Crippen LogP contribution is -2.19. The second-order valence-electron chi connectivity index (χ2n) is 6.74. The molecular formula is C22H18Cl2N2O3S. The zero-order valence-electron chi connectivity index (χ0n) is 16.5. The van der Waals surface area contributed by atoms with Gasteiger partial charge in [0.25, 0.3) is 10.0 Å². The van der Waals surface area contributed by atoms with E-state index in [0.717, 1.165) is 5.56 Å². The number of aliphatic imine (C=N–C) groups is 1. The van der Waals surface area contributed by atoms with Gasteiger partial charge in [0.05, 0.1) is 20.7 Å². The van der Waals surface area contributed by atoms with Crippen LogP contribution in [0, 0.1) is 6.92 Å². The molecule has 0 spiro atoms. The number of ketones is 1. The number of amidine groups is 1. The largest absolute Gasteiger partial charge is 0.287 e. The van der Waals surface area contributed by atoms with E-state index in [2.05, 4.69) is 9.39 Å². The minimum atomic E-state index is -4.03. The smallest absolute Gasteiger partial charge is 0.284 e. The predicted octanol–water partition coefficient (Wildman–Crippen LogP) is 5.18. The first-order chi connectivity index (χ1) is 14.1. The van der Waals surface area contributed by atoms with Crippen molar-refractivity contribution >= 4 is 50.6 Å². The molecule has 2 aromatic rings. The molecule has 8 heteroatoms. The van der Waals surface area contributed by atoms with Crippen LogP contribution in [-0.2, 0) is 14.8 Å². The summed E-state index contributed by atoms with van der Waals surface area (Å²) in [5.41, 5.74) is 2.54. The van der Waals surface area contributed by atoms with Gasteiger partial charge in [0.1, 0.15) is 0 Å². The van der Waals surface area contributed by atoms with E-state index in [4.69, 9.17) is 23.2 Å². The number of nitrogens with zero attached hydrogens (tertiary/aromatic N) is 2. The fourth-order valence-corrected chi connectivity index (χ4v) is 4.18. The number of hydrogen-bond donors (Lipinski definition) is 0. The molecule has 0 atom stereocenters. The van der Waals surface area contributed by atoms with Crippen LogP contribution >= 0.6 is 23.2 Å². The van der Waals surface area contributed by atoms with Gasteiger partial charge < -0.3 is 0 Å². The molecule has 1 aliphatic rings. The molecule has 0 saturated carbocycles. The average Bonchev–Trinajstić information content (AvgIpc) is 2.74. The second kappa shape index (κ2) is 8.68. The Morgan fingerprint density at radius 3 is 1.90 bits per heavy atom. The minimum Gasteiger partial charge on any atom is -0.287 e. The summed E-state index contributed by atoms with van der Waals surface area (Å²) in [4.78, 5) is 16.7. The maximum Gasteiger partial charge on any atom is 0.284 e.